The minimum Gasteiger partial charge on any atom is -0.444 e. The third-order valence-corrected chi connectivity index (χ3v) is 4.13. The van der Waals surface area contributed by atoms with E-state index in [1.54, 1.807) is 0 Å². The van der Waals surface area contributed by atoms with Gasteiger partial charge in [0.25, 0.3) is 0 Å². The van der Waals surface area contributed by atoms with Crippen molar-refractivity contribution in [3.05, 3.63) is 36.0 Å². The normalized spacial score (nSPS) is 24.1. The predicted molar refractivity (Wildman–Crippen MR) is 102 cm³/mol. The zero-order valence-corrected chi connectivity index (χ0v) is 16.4. The number of nitrogens with one attached hydrogen (secondary N) is 1. The maximum Gasteiger partial charge on any atom is 0.407 e. The average Bonchev–Trinajstić information content (AvgIpc) is 2.74. The molecular weight excluding hydrogens is 332 g/mol. The Balaban J connectivity index is 1.76. The lowest BCUT2D eigenvalue weighted by Crippen LogP contribution is -2.39. The lowest BCUT2D eigenvalue weighted by molar-refractivity contribution is -0.00382. The summed E-state index contributed by atoms with van der Waals surface area (Å²) in [4.78, 5) is 14.1. The number of alkyl carbamates (subject to hydrolysis) is 1. The van der Waals surface area contributed by atoms with Crippen LogP contribution in [0.1, 0.15) is 27.7 Å². The third-order valence-electron chi connectivity index (χ3n) is 4.13. The van der Waals surface area contributed by atoms with Crippen molar-refractivity contribution in [2.45, 2.75) is 38.9 Å². The Morgan fingerprint density at radius 1 is 1.31 bits per heavy atom. The molecule has 6 nitrogen and oxygen atoms in total. The first kappa shape index (κ1) is 20.7. The number of ether oxygens (including phenoxy) is 3. The topological polar surface area (TPSA) is 60.0 Å². The van der Waals surface area contributed by atoms with E-state index in [4.69, 9.17) is 14.2 Å². The van der Waals surface area contributed by atoms with Crippen LogP contribution in [0.25, 0.3) is 0 Å². The second-order valence-electron chi connectivity index (χ2n) is 7.78. The Kier molecular flexibility index (Phi) is 7.43. The minimum atomic E-state index is -0.495. The SMILES string of the molecule is CC(C)(C)OC(=O)NCC1=CC=CC(C)(OCCN2CCOCC2)C=C1. The molecule has 0 aromatic rings. The average molecular weight is 364 g/mol. The fourth-order valence-corrected chi connectivity index (χ4v) is 2.67. The highest BCUT2D eigenvalue weighted by molar-refractivity contribution is 5.68. The summed E-state index contributed by atoms with van der Waals surface area (Å²) in [7, 11) is 0. The molecule has 1 unspecified atom stereocenters. The highest BCUT2D eigenvalue weighted by Gasteiger charge is 2.20. The van der Waals surface area contributed by atoms with Gasteiger partial charge in [0, 0.05) is 26.2 Å². The first-order valence-electron chi connectivity index (χ1n) is 9.24. The molecule has 146 valence electrons. The summed E-state index contributed by atoms with van der Waals surface area (Å²) in [6, 6.07) is 0. The molecule has 0 aromatic carbocycles. The molecule has 1 atom stereocenters. The van der Waals surface area contributed by atoms with Gasteiger partial charge in [0.2, 0.25) is 0 Å². The fraction of sp³-hybridized carbons (Fsp3) is 0.650. The van der Waals surface area contributed by atoms with Crippen LogP contribution in [-0.4, -0.2) is 68.2 Å². The van der Waals surface area contributed by atoms with E-state index in [2.05, 4.69) is 10.2 Å². The third kappa shape index (κ3) is 7.72. The molecule has 2 aliphatic rings. The summed E-state index contributed by atoms with van der Waals surface area (Å²) in [6.07, 6.45) is 9.59. The lowest BCUT2D eigenvalue weighted by Gasteiger charge is -2.29. The number of morpholine rings is 1. The zero-order valence-electron chi connectivity index (χ0n) is 16.4. The fourth-order valence-electron chi connectivity index (χ4n) is 2.67. The van der Waals surface area contributed by atoms with Gasteiger partial charge in [-0.15, -0.1) is 0 Å². The van der Waals surface area contributed by atoms with Crippen LogP contribution in [-0.2, 0) is 14.2 Å². The Bertz CT molecular complexity index is 557. The van der Waals surface area contributed by atoms with E-state index in [1.807, 2.05) is 58.1 Å². The van der Waals surface area contributed by atoms with Gasteiger partial charge in [0.05, 0.1) is 19.8 Å². The Labute approximate surface area is 156 Å². The summed E-state index contributed by atoms with van der Waals surface area (Å²) in [6.45, 7) is 13.1. The quantitative estimate of drug-likeness (QED) is 0.785. The smallest absolute Gasteiger partial charge is 0.407 e. The maximum atomic E-state index is 11.8. The van der Waals surface area contributed by atoms with Crippen LogP contribution in [0.2, 0.25) is 0 Å². The van der Waals surface area contributed by atoms with Gasteiger partial charge in [-0.3, -0.25) is 4.90 Å². The summed E-state index contributed by atoms with van der Waals surface area (Å²) in [5.41, 5.74) is 0.0497. The largest absolute Gasteiger partial charge is 0.444 e. The summed E-state index contributed by atoms with van der Waals surface area (Å²) in [5.74, 6) is 0. The molecule has 1 heterocycles. The summed E-state index contributed by atoms with van der Waals surface area (Å²) in [5, 5.41) is 2.78. The van der Waals surface area contributed by atoms with Crippen molar-refractivity contribution in [3.63, 3.8) is 0 Å². The Morgan fingerprint density at radius 3 is 2.73 bits per heavy atom. The Hall–Kier alpha value is -1.63. The molecule has 1 fully saturated rings. The van der Waals surface area contributed by atoms with Crippen LogP contribution in [0.3, 0.4) is 0 Å². The molecule has 0 radical (unpaired) electrons. The van der Waals surface area contributed by atoms with Crippen LogP contribution >= 0.6 is 0 Å². The molecule has 1 N–H and O–H groups in total. The maximum absolute atomic E-state index is 11.8. The van der Waals surface area contributed by atoms with Gasteiger partial charge >= 0.3 is 6.09 Å². The number of hydrogen-bond acceptors (Lipinski definition) is 5. The first-order chi connectivity index (χ1) is 12.3. The summed E-state index contributed by atoms with van der Waals surface area (Å²) < 4.78 is 16.7. The van der Waals surface area contributed by atoms with Crippen molar-refractivity contribution in [1.29, 1.82) is 0 Å². The van der Waals surface area contributed by atoms with E-state index >= 15 is 0 Å². The highest BCUT2D eigenvalue weighted by atomic mass is 16.6. The van der Waals surface area contributed by atoms with Gasteiger partial charge in [0.15, 0.2) is 0 Å². The molecule has 0 spiro atoms. The van der Waals surface area contributed by atoms with Crippen molar-refractivity contribution in [1.82, 2.24) is 10.2 Å². The van der Waals surface area contributed by atoms with Crippen molar-refractivity contribution in [2.75, 3.05) is 46.0 Å². The molecule has 2 rings (SSSR count). The molecule has 1 saturated heterocycles. The molecule has 6 heteroatoms. The second-order valence-corrected chi connectivity index (χ2v) is 7.78. The molecule has 1 amide bonds. The van der Waals surface area contributed by atoms with Gasteiger partial charge in [-0.2, -0.15) is 0 Å². The van der Waals surface area contributed by atoms with Gasteiger partial charge in [-0.1, -0.05) is 18.2 Å². The minimum absolute atomic E-state index is 0.412. The molecule has 26 heavy (non-hydrogen) atoms. The molecule has 1 aliphatic carbocycles. The number of rotatable bonds is 6. The van der Waals surface area contributed by atoms with Gasteiger partial charge < -0.3 is 19.5 Å². The van der Waals surface area contributed by atoms with Crippen molar-refractivity contribution in [3.8, 4) is 0 Å². The standard InChI is InChI=1S/C20H32N2O4/c1-19(2,3)26-18(23)21-16-17-6-5-8-20(4,9-7-17)25-15-12-22-10-13-24-14-11-22/h5-9H,10-16H2,1-4H3,(H,21,23). The Morgan fingerprint density at radius 2 is 2.04 bits per heavy atom. The summed E-state index contributed by atoms with van der Waals surface area (Å²) >= 11 is 0. The van der Waals surface area contributed by atoms with Gasteiger partial charge in [-0.25, -0.2) is 4.79 Å². The molecule has 1 aliphatic heterocycles. The number of carbonyl (C=O) groups excluding carboxylic acids is 1. The van der Waals surface area contributed by atoms with E-state index in [1.165, 1.54) is 0 Å². The van der Waals surface area contributed by atoms with Gasteiger partial charge in [-0.05, 0) is 45.4 Å². The monoisotopic (exact) mass is 364 g/mol. The van der Waals surface area contributed by atoms with E-state index in [0.29, 0.717) is 13.2 Å². The number of allylic oxidation sites excluding steroid dienone is 2. The second kappa shape index (κ2) is 9.35. The van der Waals surface area contributed by atoms with Crippen LogP contribution in [0, 0.1) is 0 Å². The number of amides is 1. The number of carbonyl (C=O) groups is 1. The van der Waals surface area contributed by atoms with Crippen LogP contribution in [0.15, 0.2) is 36.0 Å². The number of hydrogen-bond donors (Lipinski definition) is 1. The molecule has 0 bridgehead atoms. The van der Waals surface area contributed by atoms with Crippen molar-refractivity contribution >= 4 is 6.09 Å². The van der Waals surface area contributed by atoms with E-state index in [0.717, 1.165) is 38.4 Å². The molecule has 0 saturated carbocycles. The zero-order chi connectivity index (χ0) is 19.0. The van der Waals surface area contributed by atoms with Crippen molar-refractivity contribution in [2.24, 2.45) is 0 Å². The number of nitrogens with zero attached hydrogens (tertiary/aromatic N) is 1. The van der Waals surface area contributed by atoms with E-state index < -0.39 is 17.3 Å². The van der Waals surface area contributed by atoms with Crippen LogP contribution in [0.5, 0.6) is 0 Å². The van der Waals surface area contributed by atoms with Gasteiger partial charge in [0.1, 0.15) is 11.2 Å². The molecular formula is C20H32N2O4. The molecule has 0 aromatic heterocycles. The van der Waals surface area contributed by atoms with E-state index in [-0.39, 0.29) is 0 Å². The van der Waals surface area contributed by atoms with Crippen molar-refractivity contribution < 1.29 is 19.0 Å². The lowest BCUT2D eigenvalue weighted by atomic mass is 10.1. The van der Waals surface area contributed by atoms with Crippen LogP contribution in [0.4, 0.5) is 4.79 Å². The first-order valence-corrected chi connectivity index (χ1v) is 9.24. The van der Waals surface area contributed by atoms with Crippen LogP contribution < -0.4 is 5.32 Å². The highest BCUT2D eigenvalue weighted by Crippen LogP contribution is 2.19. The van der Waals surface area contributed by atoms with E-state index in [9.17, 15) is 4.79 Å². The predicted octanol–water partition coefficient (Wildman–Crippen LogP) is 2.67.